The number of nitriles is 1. The Labute approximate surface area is 196 Å². The monoisotopic (exact) mass is 461 g/mol. The number of aromatic nitrogens is 3. The van der Waals surface area contributed by atoms with E-state index in [1.165, 1.54) is 22.9 Å². The highest BCUT2D eigenvalue weighted by Gasteiger charge is 2.15. The minimum atomic E-state index is -0.368. The number of carbonyl (C=O) groups excluding carboxylic acids is 2. The van der Waals surface area contributed by atoms with E-state index in [1.807, 2.05) is 19.9 Å². The number of hydrogen-bond acceptors (Lipinski definition) is 6. The van der Waals surface area contributed by atoms with E-state index in [1.54, 1.807) is 29.7 Å². The molecule has 0 radical (unpaired) electrons. The van der Waals surface area contributed by atoms with E-state index >= 15 is 0 Å². The van der Waals surface area contributed by atoms with Crippen LogP contribution in [-0.2, 0) is 24.3 Å². The van der Waals surface area contributed by atoms with Crippen LogP contribution < -0.4 is 16.6 Å². The molecular formula is C25H27N5O4. The molecule has 1 unspecified atom stereocenters. The fraction of sp³-hybridized carbons (Fsp3) is 0.360. The van der Waals surface area contributed by atoms with Gasteiger partial charge in [-0.2, -0.15) is 5.26 Å². The number of nitrogens with one attached hydrogen (secondary N) is 1. The SMILES string of the molecule is CCn1c(=O)c2cc(CC(=O)CC(C)CNC(=O)c3ccc(C#N)cn3)ccc2n(CC)c1=O. The zero-order chi connectivity index (χ0) is 24.8. The van der Waals surface area contributed by atoms with E-state index in [9.17, 15) is 19.2 Å². The number of aryl methyl sites for hydroxylation is 1. The summed E-state index contributed by atoms with van der Waals surface area (Å²) in [6.07, 6.45) is 1.75. The van der Waals surface area contributed by atoms with Crippen LogP contribution >= 0.6 is 0 Å². The molecule has 2 heterocycles. The van der Waals surface area contributed by atoms with Crippen molar-refractivity contribution < 1.29 is 9.59 Å². The van der Waals surface area contributed by atoms with E-state index in [0.29, 0.717) is 35.1 Å². The molecule has 9 nitrogen and oxygen atoms in total. The molecular weight excluding hydrogens is 434 g/mol. The van der Waals surface area contributed by atoms with Gasteiger partial charge in [-0.15, -0.1) is 0 Å². The maximum absolute atomic E-state index is 12.8. The van der Waals surface area contributed by atoms with Crippen molar-refractivity contribution in [3.05, 3.63) is 74.2 Å². The molecule has 176 valence electrons. The molecule has 3 rings (SSSR count). The number of ketones is 1. The Balaban J connectivity index is 1.65. The number of hydrogen-bond donors (Lipinski definition) is 1. The highest BCUT2D eigenvalue weighted by Crippen LogP contribution is 2.14. The fourth-order valence-electron chi connectivity index (χ4n) is 3.88. The van der Waals surface area contributed by atoms with Crippen LogP contribution in [0.3, 0.4) is 0 Å². The zero-order valence-electron chi connectivity index (χ0n) is 19.5. The van der Waals surface area contributed by atoms with Gasteiger partial charge in [-0.3, -0.25) is 23.5 Å². The third-order valence-corrected chi connectivity index (χ3v) is 5.64. The molecule has 0 aliphatic rings. The number of pyridine rings is 1. The number of fused-ring (bicyclic) bond motifs is 1. The molecule has 3 aromatic rings. The third kappa shape index (κ3) is 5.29. The highest BCUT2D eigenvalue weighted by atomic mass is 16.2. The van der Waals surface area contributed by atoms with Gasteiger partial charge in [0.1, 0.15) is 17.5 Å². The Morgan fingerprint density at radius 3 is 2.47 bits per heavy atom. The van der Waals surface area contributed by atoms with Gasteiger partial charge in [-0.05, 0) is 49.6 Å². The van der Waals surface area contributed by atoms with Crippen LogP contribution in [0.4, 0.5) is 0 Å². The Bertz CT molecular complexity index is 1380. The molecule has 2 aromatic heterocycles. The summed E-state index contributed by atoms with van der Waals surface area (Å²) < 4.78 is 2.75. The van der Waals surface area contributed by atoms with Crippen LogP contribution in [0.25, 0.3) is 10.9 Å². The second-order valence-corrected chi connectivity index (χ2v) is 8.21. The fourth-order valence-corrected chi connectivity index (χ4v) is 3.88. The summed E-state index contributed by atoms with van der Waals surface area (Å²) in [7, 11) is 0. The van der Waals surface area contributed by atoms with Crippen LogP contribution in [0.5, 0.6) is 0 Å². The summed E-state index contributed by atoms with van der Waals surface area (Å²) >= 11 is 0. The highest BCUT2D eigenvalue weighted by molar-refractivity contribution is 5.92. The van der Waals surface area contributed by atoms with Gasteiger partial charge in [0.05, 0.1) is 16.5 Å². The van der Waals surface area contributed by atoms with Gasteiger partial charge < -0.3 is 5.32 Å². The van der Waals surface area contributed by atoms with Crippen LogP contribution in [0.1, 0.15) is 48.8 Å². The van der Waals surface area contributed by atoms with Crippen molar-refractivity contribution in [2.45, 2.75) is 46.7 Å². The first-order valence-corrected chi connectivity index (χ1v) is 11.2. The van der Waals surface area contributed by atoms with Crippen molar-refractivity contribution in [3.8, 4) is 6.07 Å². The summed E-state index contributed by atoms with van der Waals surface area (Å²) in [4.78, 5) is 54.1. The van der Waals surface area contributed by atoms with Crippen molar-refractivity contribution in [2.24, 2.45) is 5.92 Å². The minimum Gasteiger partial charge on any atom is -0.350 e. The standard InChI is InChI=1S/C25H27N5O4/c1-4-29-22-9-7-17(12-20(22)24(33)30(5-2)25(29)34)11-19(31)10-16(3)14-28-23(32)21-8-6-18(13-26)15-27-21/h6-9,12,15-16H,4-5,10-11,14H2,1-3H3,(H,28,32). The van der Waals surface area contributed by atoms with Gasteiger partial charge in [0, 0.05) is 38.7 Å². The number of rotatable bonds is 9. The Kier molecular flexibility index (Phi) is 7.74. The van der Waals surface area contributed by atoms with Crippen molar-refractivity contribution in [2.75, 3.05) is 6.54 Å². The number of nitrogens with zero attached hydrogens (tertiary/aromatic N) is 4. The molecule has 0 aliphatic carbocycles. The number of Topliss-reactive ketones (excluding diaryl/α,β-unsaturated/α-hetero) is 1. The predicted molar refractivity (Wildman–Crippen MR) is 128 cm³/mol. The van der Waals surface area contributed by atoms with Crippen molar-refractivity contribution in [3.63, 3.8) is 0 Å². The summed E-state index contributed by atoms with van der Waals surface area (Å²) in [5, 5.41) is 12.0. The summed E-state index contributed by atoms with van der Waals surface area (Å²) in [6, 6.07) is 10.1. The molecule has 1 atom stereocenters. The van der Waals surface area contributed by atoms with Crippen LogP contribution in [0.2, 0.25) is 0 Å². The normalized spacial score (nSPS) is 11.7. The molecule has 0 saturated heterocycles. The largest absolute Gasteiger partial charge is 0.350 e. The molecule has 1 N–H and O–H groups in total. The van der Waals surface area contributed by atoms with E-state index in [0.717, 1.165) is 0 Å². The van der Waals surface area contributed by atoms with Gasteiger partial charge in [0.2, 0.25) is 0 Å². The van der Waals surface area contributed by atoms with Crippen LogP contribution in [0.15, 0.2) is 46.1 Å². The summed E-state index contributed by atoms with van der Waals surface area (Å²) in [5.74, 6) is -0.484. The van der Waals surface area contributed by atoms with Gasteiger partial charge in [0.15, 0.2) is 0 Å². The van der Waals surface area contributed by atoms with Gasteiger partial charge in [0.25, 0.3) is 11.5 Å². The van der Waals surface area contributed by atoms with E-state index in [4.69, 9.17) is 5.26 Å². The summed E-state index contributed by atoms with van der Waals surface area (Å²) in [6.45, 7) is 6.48. The lowest BCUT2D eigenvalue weighted by Crippen LogP contribution is -2.39. The lowest BCUT2D eigenvalue weighted by Gasteiger charge is -2.13. The average molecular weight is 462 g/mol. The topological polar surface area (TPSA) is 127 Å². The van der Waals surface area contributed by atoms with E-state index in [2.05, 4.69) is 10.3 Å². The minimum absolute atomic E-state index is 0.0165. The first-order valence-electron chi connectivity index (χ1n) is 11.2. The van der Waals surface area contributed by atoms with Gasteiger partial charge >= 0.3 is 5.69 Å². The Hall–Kier alpha value is -4.06. The molecule has 0 aliphatic heterocycles. The number of benzene rings is 1. The molecule has 0 fully saturated rings. The molecule has 0 saturated carbocycles. The van der Waals surface area contributed by atoms with Crippen LogP contribution in [0, 0.1) is 17.2 Å². The van der Waals surface area contributed by atoms with Crippen molar-refractivity contribution in [1.29, 1.82) is 5.26 Å². The number of amides is 1. The number of carbonyl (C=O) groups is 2. The average Bonchev–Trinajstić information content (AvgIpc) is 2.83. The van der Waals surface area contributed by atoms with E-state index in [-0.39, 0.29) is 53.9 Å². The molecule has 9 heteroatoms. The van der Waals surface area contributed by atoms with Crippen LogP contribution in [-0.4, -0.2) is 32.4 Å². The maximum Gasteiger partial charge on any atom is 0.331 e. The lowest BCUT2D eigenvalue weighted by atomic mass is 9.99. The lowest BCUT2D eigenvalue weighted by molar-refractivity contribution is -0.119. The van der Waals surface area contributed by atoms with Gasteiger partial charge in [-0.25, -0.2) is 9.78 Å². The molecule has 34 heavy (non-hydrogen) atoms. The summed E-state index contributed by atoms with van der Waals surface area (Å²) in [5.41, 5.74) is 1.16. The molecule has 1 amide bonds. The Morgan fingerprint density at radius 1 is 1.12 bits per heavy atom. The third-order valence-electron chi connectivity index (χ3n) is 5.64. The van der Waals surface area contributed by atoms with E-state index < -0.39 is 0 Å². The zero-order valence-corrected chi connectivity index (χ0v) is 19.5. The molecule has 0 bridgehead atoms. The van der Waals surface area contributed by atoms with Crippen molar-refractivity contribution >= 4 is 22.6 Å². The Morgan fingerprint density at radius 2 is 1.85 bits per heavy atom. The van der Waals surface area contributed by atoms with Crippen molar-refractivity contribution in [1.82, 2.24) is 19.4 Å². The second kappa shape index (κ2) is 10.7. The predicted octanol–water partition coefficient (Wildman–Crippen LogP) is 2.04. The molecule has 0 spiro atoms. The van der Waals surface area contributed by atoms with Gasteiger partial charge in [-0.1, -0.05) is 13.0 Å². The quantitative estimate of drug-likeness (QED) is 0.520. The second-order valence-electron chi connectivity index (χ2n) is 8.21. The molecule has 1 aromatic carbocycles. The first kappa shape index (κ1) is 24.6. The smallest absolute Gasteiger partial charge is 0.331 e. The first-order chi connectivity index (χ1) is 16.3. The maximum atomic E-state index is 12.8.